The molecule has 0 saturated carbocycles. The van der Waals surface area contributed by atoms with Gasteiger partial charge in [0.05, 0.1) is 11.1 Å². The molecule has 0 aliphatic heterocycles. The molecule has 166 valence electrons. The van der Waals surface area contributed by atoms with Crippen LogP contribution in [0.25, 0.3) is 21.8 Å². The molecule has 1 aromatic heterocycles. The van der Waals surface area contributed by atoms with Crippen LogP contribution < -0.4 is 5.73 Å². The van der Waals surface area contributed by atoms with E-state index in [1.54, 1.807) is 18.2 Å². The van der Waals surface area contributed by atoms with Crippen LogP contribution in [0, 0.1) is 0 Å². The van der Waals surface area contributed by atoms with Gasteiger partial charge < -0.3 is 10.3 Å². The smallest absolute Gasteiger partial charge is 0.366 e. The molecule has 3 nitrogen and oxygen atoms in total. The number of hydrogen-bond donors (Lipinski definition) is 1. The summed E-state index contributed by atoms with van der Waals surface area (Å²) in [5.74, 6) is -0.527. The van der Waals surface area contributed by atoms with Crippen molar-refractivity contribution in [2.24, 2.45) is 5.73 Å². The van der Waals surface area contributed by atoms with Gasteiger partial charge in [-0.05, 0) is 54.3 Å². The van der Waals surface area contributed by atoms with Crippen molar-refractivity contribution in [2.75, 3.05) is 0 Å². The van der Waals surface area contributed by atoms with E-state index in [1.807, 2.05) is 16.7 Å². The summed E-state index contributed by atoms with van der Waals surface area (Å²) < 4.78 is 41.7. The molecule has 0 bridgehead atoms. The average molecular weight is 438 g/mol. The zero-order chi connectivity index (χ0) is 22.9. The van der Waals surface area contributed by atoms with Gasteiger partial charge in [0.2, 0.25) is 5.91 Å². The number of halogens is 3. The SMILES string of the molecule is CCCCCc1ccc2c3c(C(N)=O)cccc3n(Cc3cccc(C(F)(F)F)c3)c2c1. The van der Waals surface area contributed by atoms with Crippen LogP contribution in [-0.4, -0.2) is 10.5 Å². The highest BCUT2D eigenvalue weighted by atomic mass is 19.4. The number of amides is 1. The summed E-state index contributed by atoms with van der Waals surface area (Å²) in [5.41, 5.74) is 8.75. The van der Waals surface area contributed by atoms with Gasteiger partial charge in [-0.3, -0.25) is 4.79 Å². The summed E-state index contributed by atoms with van der Waals surface area (Å²) in [7, 11) is 0. The lowest BCUT2D eigenvalue weighted by atomic mass is 10.0. The number of nitrogens with two attached hydrogens (primary N) is 1. The van der Waals surface area contributed by atoms with Crippen molar-refractivity contribution in [2.45, 2.75) is 45.3 Å². The number of rotatable bonds is 7. The molecule has 6 heteroatoms. The van der Waals surface area contributed by atoms with Crippen LogP contribution in [0.4, 0.5) is 13.2 Å². The second kappa shape index (κ2) is 8.69. The largest absolute Gasteiger partial charge is 0.416 e. The van der Waals surface area contributed by atoms with E-state index < -0.39 is 17.6 Å². The Morgan fingerprint density at radius 3 is 2.44 bits per heavy atom. The first-order chi connectivity index (χ1) is 15.3. The zero-order valence-corrected chi connectivity index (χ0v) is 17.9. The van der Waals surface area contributed by atoms with Crippen molar-refractivity contribution < 1.29 is 18.0 Å². The molecule has 1 amide bonds. The van der Waals surface area contributed by atoms with Gasteiger partial charge in [-0.25, -0.2) is 0 Å². The molecule has 0 aliphatic rings. The predicted molar refractivity (Wildman–Crippen MR) is 122 cm³/mol. The third-order valence-corrected chi connectivity index (χ3v) is 5.88. The first kappa shape index (κ1) is 21.9. The highest BCUT2D eigenvalue weighted by molar-refractivity contribution is 6.18. The zero-order valence-electron chi connectivity index (χ0n) is 17.9. The van der Waals surface area contributed by atoms with Gasteiger partial charge >= 0.3 is 6.18 Å². The Hall–Kier alpha value is -3.28. The lowest BCUT2D eigenvalue weighted by Crippen LogP contribution is -2.11. The number of carbonyl (C=O) groups excluding carboxylic acids is 1. The Morgan fingerprint density at radius 1 is 0.938 bits per heavy atom. The van der Waals surface area contributed by atoms with Crippen LogP contribution in [0.2, 0.25) is 0 Å². The number of nitrogens with zero attached hydrogens (tertiary/aromatic N) is 1. The average Bonchev–Trinajstić information content (AvgIpc) is 3.06. The number of hydrogen-bond acceptors (Lipinski definition) is 1. The molecule has 4 aromatic rings. The third kappa shape index (κ3) is 4.22. The summed E-state index contributed by atoms with van der Waals surface area (Å²) in [5, 5.41) is 1.61. The minimum absolute atomic E-state index is 0.255. The third-order valence-electron chi connectivity index (χ3n) is 5.88. The van der Waals surface area contributed by atoms with Gasteiger partial charge in [0, 0.05) is 28.4 Å². The first-order valence-corrected chi connectivity index (χ1v) is 10.8. The monoisotopic (exact) mass is 438 g/mol. The molecule has 3 aromatic carbocycles. The van der Waals surface area contributed by atoms with E-state index in [1.165, 1.54) is 17.7 Å². The van der Waals surface area contributed by atoms with E-state index in [-0.39, 0.29) is 6.54 Å². The van der Waals surface area contributed by atoms with Crippen LogP contribution in [0.1, 0.15) is 53.2 Å². The van der Waals surface area contributed by atoms with Crippen molar-refractivity contribution in [3.8, 4) is 0 Å². The predicted octanol–water partition coefficient (Wildman–Crippen LogP) is 6.69. The molecule has 0 spiro atoms. The topological polar surface area (TPSA) is 48.0 Å². The van der Waals surface area contributed by atoms with Crippen molar-refractivity contribution in [1.82, 2.24) is 4.57 Å². The molecule has 0 saturated heterocycles. The molecule has 2 N–H and O–H groups in total. The minimum atomic E-state index is -4.40. The fraction of sp³-hybridized carbons (Fsp3) is 0.269. The lowest BCUT2D eigenvalue weighted by molar-refractivity contribution is -0.137. The molecule has 0 radical (unpaired) electrons. The number of fused-ring (bicyclic) bond motifs is 3. The minimum Gasteiger partial charge on any atom is -0.366 e. The lowest BCUT2D eigenvalue weighted by Gasteiger charge is -2.12. The molecule has 0 aliphatic carbocycles. The normalized spacial score (nSPS) is 12.0. The second-order valence-corrected chi connectivity index (χ2v) is 8.16. The summed E-state index contributed by atoms with van der Waals surface area (Å²) in [6.07, 6.45) is -0.139. The fourth-order valence-corrected chi connectivity index (χ4v) is 4.33. The maximum atomic E-state index is 13.2. The van der Waals surface area contributed by atoms with Crippen LogP contribution in [0.3, 0.4) is 0 Å². The number of alkyl halides is 3. The summed E-state index contributed by atoms with van der Waals surface area (Å²) in [6, 6.07) is 16.8. The molecule has 0 fully saturated rings. The Labute approximate surface area is 184 Å². The molecule has 32 heavy (non-hydrogen) atoms. The van der Waals surface area contributed by atoms with E-state index in [2.05, 4.69) is 19.1 Å². The summed E-state index contributed by atoms with van der Waals surface area (Å²) in [4.78, 5) is 12.1. The van der Waals surface area contributed by atoms with Crippen LogP contribution in [0.5, 0.6) is 0 Å². The standard InChI is InChI=1S/C26H25F3N2O/c1-2-3-4-7-17-12-13-20-23(15-17)31(22-11-6-10-21(24(20)22)25(30)32)16-18-8-5-9-19(14-18)26(27,28)29/h5-6,8-15H,2-4,7,16H2,1H3,(H2,30,32). The maximum Gasteiger partial charge on any atom is 0.416 e. The Bertz CT molecular complexity index is 1290. The number of carbonyl (C=O) groups is 1. The van der Waals surface area contributed by atoms with Gasteiger partial charge in [-0.15, -0.1) is 0 Å². The van der Waals surface area contributed by atoms with E-state index in [0.29, 0.717) is 11.1 Å². The number of primary amides is 1. The number of aromatic nitrogens is 1. The van der Waals surface area contributed by atoms with Crippen LogP contribution >= 0.6 is 0 Å². The van der Waals surface area contributed by atoms with Gasteiger partial charge in [0.25, 0.3) is 0 Å². The highest BCUT2D eigenvalue weighted by Crippen LogP contribution is 2.34. The molecule has 1 heterocycles. The van der Waals surface area contributed by atoms with E-state index in [4.69, 9.17) is 5.73 Å². The molecule has 4 rings (SSSR count). The molecular weight excluding hydrogens is 413 g/mol. The molecular formula is C26H25F3N2O. The van der Waals surface area contributed by atoms with Crippen molar-refractivity contribution in [3.05, 3.63) is 82.9 Å². The van der Waals surface area contributed by atoms with Gasteiger partial charge in [0.15, 0.2) is 0 Å². The van der Waals surface area contributed by atoms with Crippen molar-refractivity contribution in [1.29, 1.82) is 0 Å². The molecule has 0 atom stereocenters. The van der Waals surface area contributed by atoms with E-state index in [0.717, 1.165) is 53.6 Å². The fourth-order valence-electron chi connectivity index (χ4n) is 4.33. The van der Waals surface area contributed by atoms with Gasteiger partial charge in [0.1, 0.15) is 0 Å². The Morgan fingerprint density at radius 2 is 1.72 bits per heavy atom. The van der Waals surface area contributed by atoms with Gasteiger partial charge in [-0.1, -0.05) is 50.1 Å². The second-order valence-electron chi connectivity index (χ2n) is 8.16. The summed E-state index contributed by atoms with van der Waals surface area (Å²) >= 11 is 0. The number of benzene rings is 3. The van der Waals surface area contributed by atoms with Gasteiger partial charge in [-0.2, -0.15) is 13.2 Å². The van der Waals surface area contributed by atoms with Crippen molar-refractivity contribution >= 4 is 27.7 Å². The van der Waals surface area contributed by atoms with E-state index >= 15 is 0 Å². The maximum absolute atomic E-state index is 13.2. The first-order valence-electron chi connectivity index (χ1n) is 10.8. The highest BCUT2D eigenvalue weighted by Gasteiger charge is 2.30. The van der Waals surface area contributed by atoms with Crippen LogP contribution in [-0.2, 0) is 19.1 Å². The quantitative estimate of drug-likeness (QED) is 0.321. The van der Waals surface area contributed by atoms with Crippen LogP contribution in [0.15, 0.2) is 60.7 Å². The molecule has 0 unspecified atom stereocenters. The Balaban J connectivity index is 1.89. The van der Waals surface area contributed by atoms with Crippen molar-refractivity contribution in [3.63, 3.8) is 0 Å². The number of aryl methyl sites for hydroxylation is 1. The Kier molecular flexibility index (Phi) is 5.96. The summed E-state index contributed by atoms with van der Waals surface area (Å²) in [6.45, 7) is 2.41. The van der Waals surface area contributed by atoms with E-state index in [9.17, 15) is 18.0 Å². The number of unbranched alkanes of at least 4 members (excludes halogenated alkanes) is 2.